The van der Waals surface area contributed by atoms with Gasteiger partial charge in [0.1, 0.15) is 4.88 Å². The van der Waals surface area contributed by atoms with Gasteiger partial charge in [-0.05, 0) is 24.9 Å². The summed E-state index contributed by atoms with van der Waals surface area (Å²) in [4.78, 5) is 12.3. The molecule has 0 aliphatic heterocycles. The van der Waals surface area contributed by atoms with Gasteiger partial charge in [-0.15, -0.1) is 5.10 Å². The van der Waals surface area contributed by atoms with Crippen LogP contribution in [0.4, 0.5) is 0 Å². The van der Waals surface area contributed by atoms with Crippen LogP contribution in [0.2, 0.25) is 0 Å². The molecule has 1 heterocycles. The molecular weight excluding hydrogens is 184 g/mol. The Morgan fingerprint density at radius 2 is 2.31 bits per heavy atom. The van der Waals surface area contributed by atoms with E-state index in [1.54, 1.807) is 0 Å². The Kier molecular flexibility index (Phi) is 3.31. The lowest BCUT2D eigenvalue weighted by Gasteiger charge is -1.97. The minimum Gasteiger partial charge on any atom is -0.293 e. The predicted molar refractivity (Wildman–Crippen MR) is 53.0 cm³/mol. The van der Waals surface area contributed by atoms with E-state index in [-0.39, 0.29) is 5.78 Å². The zero-order valence-electron chi connectivity index (χ0n) is 7.83. The Bertz CT molecular complexity index is 330. The van der Waals surface area contributed by atoms with Crippen LogP contribution in [-0.4, -0.2) is 15.4 Å². The first kappa shape index (κ1) is 10.1. The van der Waals surface area contributed by atoms with Crippen LogP contribution in [0.3, 0.4) is 0 Å². The van der Waals surface area contributed by atoms with E-state index in [0.29, 0.717) is 11.3 Å². The van der Waals surface area contributed by atoms with E-state index >= 15 is 0 Å². The minimum atomic E-state index is 0.0827. The fourth-order valence-corrected chi connectivity index (χ4v) is 1.69. The molecule has 0 unspecified atom stereocenters. The normalized spacial score (nSPS) is 10.0. The summed E-state index contributed by atoms with van der Waals surface area (Å²) in [6.07, 6.45) is 1.16. The van der Waals surface area contributed by atoms with Gasteiger partial charge in [-0.2, -0.15) is 0 Å². The molecule has 3 nitrogen and oxygen atoms in total. The topological polar surface area (TPSA) is 42.9 Å². The zero-order chi connectivity index (χ0) is 9.84. The summed E-state index contributed by atoms with van der Waals surface area (Å²) in [5.41, 5.74) is 1.68. The third kappa shape index (κ3) is 2.45. The molecule has 0 amide bonds. The van der Waals surface area contributed by atoms with Gasteiger partial charge in [0, 0.05) is 6.42 Å². The second kappa shape index (κ2) is 4.28. The fraction of sp³-hybridized carbons (Fsp3) is 0.444. The highest BCUT2D eigenvalue weighted by Crippen LogP contribution is 2.15. The van der Waals surface area contributed by atoms with Crippen molar-refractivity contribution in [2.24, 2.45) is 0 Å². The van der Waals surface area contributed by atoms with E-state index in [1.165, 1.54) is 11.5 Å². The molecule has 0 aromatic carbocycles. The van der Waals surface area contributed by atoms with Crippen molar-refractivity contribution in [1.29, 1.82) is 0 Å². The minimum absolute atomic E-state index is 0.0827. The summed E-state index contributed by atoms with van der Waals surface area (Å²) >= 11 is 1.17. The van der Waals surface area contributed by atoms with Crippen molar-refractivity contribution in [2.45, 2.75) is 26.7 Å². The Balaban J connectivity index is 2.82. The molecule has 0 saturated heterocycles. The van der Waals surface area contributed by atoms with Gasteiger partial charge in [-0.25, -0.2) is 0 Å². The molecule has 1 aromatic heterocycles. The first-order chi connectivity index (χ1) is 6.15. The van der Waals surface area contributed by atoms with Crippen LogP contribution in [-0.2, 0) is 6.42 Å². The highest BCUT2D eigenvalue weighted by molar-refractivity contribution is 7.08. The number of nitrogens with zero attached hydrogens (tertiary/aromatic N) is 2. The summed E-state index contributed by atoms with van der Waals surface area (Å²) in [6, 6.07) is 0. The van der Waals surface area contributed by atoms with E-state index in [9.17, 15) is 4.79 Å². The van der Waals surface area contributed by atoms with E-state index in [4.69, 9.17) is 0 Å². The standard InChI is InChI=1S/C9H12N2OS/c1-4-7-9(13-11-10-7)8(12)5-6(2)3/h2,4-5H2,1,3H3. The smallest absolute Gasteiger partial charge is 0.180 e. The predicted octanol–water partition coefficient (Wildman–Crippen LogP) is 2.25. The molecule has 0 aliphatic carbocycles. The second-order valence-electron chi connectivity index (χ2n) is 2.96. The number of allylic oxidation sites excluding steroid dienone is 1. The van der Waals surface area contributed by atoms with Gasteiger partial charge in [0.15, 0.2) is 5.78 Å². The van der Waals surface area contributed by atoms with Gasteiger partial charge in [-0.3, -0.25) is 4.79 Å². The maximum absolute atomic E-state index is 11.6. The largest absolute Gasteiger partial charge is 0.293 e. The summed E-state index contributed by atoms with van der Waals surface area (Å²) in [7, 11) is 0. The highest BCUT2D eigenvalue weighted by Gasteiger charge is 2.14. The van der Waals surface area contributed by atoms with E-state index < -0.39 is 0 Å². The van der Waals surface area contributed by atoms with Gasteiger partial charge in [-0.1, -0.05) is 23.6 Å². The number of aryl methyl sites for hydroxylation is 1. The van der Waals surface area contributed by atoms with Crippen molar-refractivity contribution in [3.8, 4) is 0 Å². The van der Waals surface area contributed by atoms with E-state index in [1.807, 2.05) is 13.8 Å². The Labute approximate surface area is 81.6 Å². The third-order valence-corrected chi connectivity index (χ3v) is 2.42. The van der Waals surface area contributed by atoms with Gasteiger partial charge in [0.2, 0.25) is 0 Å². The van der Waals surface area contributed by atoms with Crippen LogP contribution in [0.5, 0.6) is 0 Å². The number of hydrogen-bond acceptors (Lipinski definition) is 4. The van der Waals surface area contributed by atoms with Crippen molar-refractivity contribution in [3.05, 3.63) is 22.7 Å². The zero-order valence-corrected chi connectivity index (χ0v) is 8.65. The van der Waals surface area contributed by atoms with Crippen LogP contribution >= 0.6 is 11.5 Å². The van der Waals surface area contributed by atoms with Crippen LogP contribution < -0.4 is 0 Å². The van der Waals surface area contributed by atoms with Crippen LogP contribution in [0.25, 0.3) is 0 Å². The van der Waals surface area contributed by atoms with Crippen molar-refractivity contribution >= 4 is 17.3 Å². The number of ketones is 1. The van der Waals surface area contributed by atoms with Gasteiger partial charge >= 0.3 is 0 Å². The van der Waals surface area contributed by atoms with Crippen molar-refractivity contribution in [1.82, 2.24) is 9.59 Å². The second-order valence-corrected chi connectivity index (χ2v) is 3.71. The number of carbonyl (C=O) groups is 1. The summed E-state index contributed by atoms with van der Waals surface area (Å²) in [5.74, 6) is 0.0827. The molecule has 0 aliphatic rings. The molecule has 0 atom stereocenters. The molecule has 70 valence electrons. The number of aromatic nitrogens is 2. The van der Waals surface area contributed by atoms with Crippen LogP contribution in [0.15, 0.2) is 12.2 Å². The summed E-state index contributed by atoms with van der Waals surface area (Å²) in [5, 5.41) is 3.88. The summed E-state index contributed by atoms with van der Waals surface area (Å²) < 4.78 is 3.76. The van der Waals surface area contributed by atoms with E-state index in [0.717, 1.165) is 17.7 Å². The highest BCUT2D eigenvalue weighted by atomic mass is 32.1. The third-order valence-electron chi connectivity index (χ3n) is 1.61. The summed E-state index contributed by atoms with van der Waals surface area (Å²) in [6.45, 7) is 7.52. The Morgan fingerprint density at radius 1 is 1.62 bits per heavy atom. The van der Waals surface area contributed by atoms with Gasteiger partial charge in [0.05, 0.1) is 5.69 Å². The molecule has 0 fully saturated rings. The van der Waals surface area contributed by atoms with Crippen LogP contribution in [0, 0.1) is 0 Å². The quantitative estimate of drug-likeness (QED) is 0.548. The monoisotopic (exact) mass is 196 g/mol. The molecule has 0 N–H and O–H groups in total. The van der Waals surface area contributed by atoms with Gasteiger partial charge < -0.3 is 0 Å². The molecule has 13 heavy (non-hydrogen) atoms. The van der Waals surface area contributed by atoms with Crippen molar-refractivity contribution in [2.75, 3.05) is 0 Å². The molecule has 4 heteroatoms. The van der Waals surface area contributed by atoms with Crippen LogP contribution in [0.1, 0.15) is 35.6 Å². The number of carbonyl (C=O) groups excluding carboxylic acids is 1. The first-order valence-corrected chi connectivity index (χ1v) is 4.91. The number of hydrogen-bond donors (Lipinski definition) is 0. The number of rotatable bonds is 4. The number of Topliss-reactive ketones (excluding diaryl/α,β-unsaturated/α-hetero) is 1. The molecule has 0 radical (unpaired) electrons. The SMILES string of the molecule is C=C(C)CC(=O)c1snnc1CC. The maximum atomic E-state index is 11.6. The fourth-order valence-electron chi connectivity index (χ4n) is 1.01. The lowest BCUT2D eigenvalue weighted by Crippen LogP contribution is -2.00. The molecule has 1 rings (SSSR count). The lowest BCUT2D eigenvalue weighted by atomic mass is 10.1. The van der Waals surface area contributed by atoms with E-state index in [2.05, 4.69) is 16.2 Å². The molecule has 0 spiro atoms. The Hall–Kier alpha value is -1.03. The molecule has 0 saturated carbocycles. The average Bonchev–Trinajstić information content (AvgIpc) is 2.49. The first-order valence-electron chi connectivity index (χ1n) is 4.14. The molecule has 0 bridgehead atoms. The average molecular weight is 196 g/mol. The maximum Gasteiger partial charge on any atom is 0.180 e. The van der Waals surface area contributed by atoms with Crippen molar-refractivity contribution in [3.63, 3.8) is 0 Å². The van der Waals surface area contributed by atoms with Crippen molar-refractivity contribution < 1.29 is 4.79 Å². The molecule has 1 aromatic rings. The molecular formula is C9H12N2OS. The van der Waals surface area contributed by atoms with Gasteiger partial charge in [0.25, 0.3) is 0 Å². The lowest BCUT2D eigenvalue weighted by molar-refractivity contribution is 0.0996. The Morgan fingerprint density at radius 3 is 2.85 bits per heavy atom.